The molecule has 0 aliphatic rings. The Morgan fingerprint density at radius 1 is 1.11 bits per heavy atom. The van der Waals surface area contributed by atoms with E-state index in [0.29, 0.717) is 0 Å². The van der Waals surface area contributed by atoms with Crippen molar-refractivity contribution in [3.63, 3.8) is 0 Å². The van der Waals surface area contributed by atoms with Crippen LogP contribution in [0.15, 0.2) is 0 Å². The third kappa shape index (κ3) is 4.70. The van der Waals surface area contributed by atoms with E-state index in [1.165, 1.54) is 5.56 Å². The van der Waals surface area contributed by atoms with Crippen LogP contribution in [0.25, 0.3) is 0 Å². The van der Waals surface area contributed by atoms with E-state index >= 15 is 0 Å². The Hall–Kier alpha value is -1.00. The molecule has 0 saturated heterocycles. The maximum atomic E-state index is 4.61. The lowest BCUT2D eigenvalue weighted by Gasteiger charge is -2.13. The van der Waals surface area contributed by atoms with E-state index in [1.54, 1.807) is 0 Å². The number of rotatable bonds is 7. The van der Waals surface area contributed by atoms with Crippen molar-refractivity contribution in [3.8, 4) is 0 Å². The van der Waals surface area contributed by atoms with Gasteiger partial charge in [-0.25, -0.2) is 9.97 Å². The fourth-order valence-corrected chi connectivity index (χ4v) is 1.89. The van der Waals surface area contributed by atoms with E-state index in [4.69, 9.17) is 0 Å². The van der Waals surface area contributed by atoms with Gasteiger partial charge in [0.2, 0.25) is 0 Å². The maximum Gasteiger partial charge on any atom is 0.130 e. The van der Waals surface area contributed by atoms with Crippen LogP contribution in [-0.4, -0.2) is 42.1 Å². The Kier molecular flexibility index (Phi) is 6.22. The van der Waals surface area contributed by atoms with Gasteiger partial charge in [-0.2, -0.15) is 0 Å². The summed E-state index contributed by atoms with van der Waals surface area (Å²) in [7, 11) is 4.14. The number of aromatic nitrogens is 2. The van der Waals surface area contributed by atoms with Gasteiger partial charge in [0.1, 0.15) is 5.82 Å². The van der Waals surface area contributed by atoms with Crippen LogP contribution in [0.3, 0.4) is 0 Å². The van der Waals surface area contributed by atoms with Crippen LogP contribution >= 0.6 is 0 Å². The summed E-state index contributed by atoms with van der Waals surface area (Å²) in [6.45, 7) is 9.24. The molecule has 0 aromatic carbocycles. The number of nitrogens with zero attached hydrogens (tertiary/aromatic N) is 3. The van der Waals surface area contributed by atoms with Crippen molar-refractivity contribution in [2.24, 2.45) is 0 Å². The molecule has 4 heteroatoms. The molecule has 102 valence electrons. The van der Waals surface area contributed by atoms with Gasteiger partial charge in [-0.15, -0.1) is 0 Å². The Balaban J connectivity index is 2.71. The maximum absolute atomic E-state index is 4.61. The molecule has 0 radical (unpaired) electrons. The van der Waals surface area contributed by atoms with Gasteiger partial charge < -0.3 is 10.2 Å². The Bertz CT molecular complexity index is 351. The van der Waals surface area contributed by atoms with Crippen LogP contribution in [0, 0.1) is 13.8 Å². The van der Waals surface area contributed by atoms with Crippen LogP contribution in [-0.2, 0) is 13.0 Å². The molecular weight excluding hydrogens is 224 g/mol. The van der Waals surface area contributed by atoms with Gasteiger partial charge in [0.25, 0.3) is 0 Å². The molecule has 1 aromatic rings. The van der Waals surface area contributed by atoms with Crippen LogP contribution < -0.4 is 5.32 Å². The second-order valence-corrected chi connectivity index (χ2v) is 5.02. The standard InChI is InChI=1S/C14H26N4/c1-6-8-15-10-13-11(2)16-14(17-12(13)3)7-9-18(4)5/h15H,6-10H2,1-5H3. The van der Waals surface area contributed by atoms with Crippen LogP contribution in [0.5, 0.6) is 0 Å². The van der Waals surface area contributed by atoms with Crippen LogP contribution in [0.1, 0.15) is 36.1 Å². The normalized spacial score (nSPS) is 11.2. The van der Waals surface area contributed by atoms with E-state index in [2.05, 4.69) is 55.1 Å². The molecule has 0 atom stereocenters. The summed E-state index contributed by atoms with van der Waals surface area (Å²) in [5.41, 5.74) is 3.47. The van der Waals surface area contributed by atoms with Crippen LogP contribution in [0.4, 0.5) is 0 Å². The lowest BCUT2D eigenvalue weighted by molar-refractivity contribution is 0.409. The number of hydrogen-bond donors (Lipinski definition) is 1. The summed E-state index contributed by atoms with van der Waals surface area (Å²) in [6.07, 6.45) is 2.07. The minimum atomic E-state index is 0.874. The highest BCUT2D eigenvalue weighted by molar-refractivity contribution is 5.24. The predicted molar refractivity (Wildman–Crippen MR) is 75.8 cm³/mol. The molecule has 0 aliphatic carbocycles. The van der Waals surface area contributed by atoms with Crippen molar-refractivity contribution in [1.82, 2.24) is 20.2 Å². The van der Waals surface area contributed by atoms with Gasteiger partial charge in [-0.3, -0.25) is 0 Å². The van der Waals surface area contributed by atoms with Crippen molar-refractivity contribution in [3.05, 3.63) is 22.8 Å². The molecule has 0 amide bonds. The Morgan fingerprint density at radius 2 is 1.72 bits per heavy atom. The van der Waals surface area contributed by atoms with Gasteiger partial charge in [0.15, 0.2) is 0 Å². The summed E-state index contributed by atoms with van der Waals surface area (Å²) in [4.78, 5) is 11.4. The van der Waals surface area contributed by atoms with Gasteiger partial charge in [0.05, 0.1) is 0 Å². The summed E-state index contributed by atoms with van der Waals surface area (Å²) in [5.74, 6) is 0.956. The van der Waals surface area contributed by atoms with Gasteiger partial charge >= 0.3 is 0 Å². The molecule has 0 spiro atoms. The van der Waals surface area contributed by atoms with E-state index in [1.807, 2.05) is 0 Å². The average molecular weight is 250 g/mol. The van der Waals surface area contributed by atoms with E-state index in [0.717, 1.165) is 49.7 Å². The zero-order valence-corrected chi connectivity index (χ0v) is 12.4. The Labute approximate surface area is 111 Å². The first-order valence-corrected chi connectivity index (χ1v) is 6.73. The summed E-state index contributed by atoms with van der Waals surface area (Å²) in [6, 6.07) is 0. The first-order valence-electron chi connectivity index (χ1n) is 6.73. The van der Waals surface area contributed by atoms with E-state index < -0.39 is 0 Å². The molecule has 0 fully saturated rings. The van der Waals surface area contributed by atoms with Gasteiger partial charge in [-0.1, -0.05) is 6.92 Å². The Morgan fingerprint density at radius 3 is 2.22 bits per heavy atom. The average Bonchev–Trinajstić information content (AvgIpc) is 2.30. The lowest BCUT2D eigenvalue weighted by Crippen LogP contribution is -2.19. The predicted octanol–water partition coefficient (Wildman–Crippen LogP) is 1.70. The monoisotopic (exact) mass is 250 g/mol. The molecule has 0 aliphatic heterocycles. The number of hydrogen-bond acceptors (Lipinski definition) is 4. The van der Waals surface area contributed by atoms with Crippen molar-refractivity contribution in [2.45, 2.75) is 40.2 Å². The highest BCUT2D eigenvalue weighted by atomic mass is 15.1. The number of likely N-dealkylation sites (N-methyl/N-ethyl adjacent to an activating group) is 1. The lowest BCUT2D eigenvalue weighted by atomic mass is 10.1. The molecule has 1 aromatic heterocycles. The molecular formula is C14H26N4. The first kappa shape index (κ1) is 15.1. The minimum absolute atomic E-state index is 0.874. The quantitative estimate of drug-likeness (QED) is 0.748. The second-order valence-electron chi connectivity index (χ2n) is 5.02. The largest absolute Gasteiger partial charge is 0.313 e. The van der Waals surface area contributed by atoms with Crippen molar-refractivity contribution in [1.29, 1.82) is 0 Å². The van der Waals surface area contributed by atoms with Gasteiger partial charge in [-0.05, 0) is 40.9 Å². The molecule has 4 nitrogen and oxygen atoms in total. The summed E-state index contributed by atoms with van der Waals surface area (Å²) >= 11 is 0. The molecule has 1 N–H and O–H groups in total. The number of aryl methyl sites for hydroxylation is 2. The topological polar surface area (TPSA) is 41.1 Å². The first-order chi connectivity index (χ1) is 8.54. The molecule has 0 saturated carbocycles. The molecule has 0 unspecified atom stereocenters. The van der Waals surface area contributed by atoms with Crippen LogP contribution in [0.2, 0.25) is 0 Å². The minimum Gasteiger partial charge on any atom is -0.313 e. The van der Waals surface area contributed by atoms with Crippen molar-refractivity contribution < 1.29 is 0 Å². The smallest absolute Gasteiger partial charge is 0.130 e. The number of nitrogens with one attached hydrogen (secondary N) is 1. The van der Waals surface area contributed by atoms with E-state index in [-0.39, 0.29) is 0 Å². The molecule has 18 heavy (non-hydrogen) atoms. The van der Waals surface area contributed by atoms with Crippen molar-refractivity contribution >= 4 is 0 Å². The van der Waals surface area contributed by atoms with Crippen molar-refractivity contribution in [2.75, 3.05) is 27.2 Å². The second kappa shape index (κ2) is 7.44. The molecule has 0 bridgehead atoms. The fraction of sp³-hybridized carbons (Fsp3) is 0.714. The summed E-state index contributed by atoms with van der Waals surface area (Å²) in [5, 5.41) is 3.41. The van der Waals surface area contributed by atoms with E-state index in [9.17, 15) is 0 Å². The fourth-order valence-electron chi connectivity index (χ4n) is 1.89. The molecule has 1 heterocycles. The van der Waals surface area contributed by atoms with Gasteiger partial charge in [0, 0.05) is 36.5 Å². The SMILES string of the molecule is CCCNCc1c(C)nc(CCN(C)C)nc1C. The molecule has 1 rings (SSSR count). The highest BCUT2D eigenvalue weighted by Gasteiger charge is 2.08. The third-order valence-corrected chi connectivity index (χ3v) is 2.98. The third-order valence-electron chi connectivity index (χ3n) is 2.98. The highest BCUT2D eigenvalue weighted by Crippen LogP contribution is 2.10. The zero-order valence-electron chi connectivity index (χ0n) is 12.4. The zero-order chi connectivity index (χ0) is 13.5. The summed E-state index contributed by atoms with van der Waals surface area (Å²) < 4.78 is 0.